The van der Waals surface area contributed by atoms with Crippen LogP contribution in [0, 0.1) is 0 Å². The summed E-state index contributed by atoms with van der Waals surface area (Å²) in [6.45, 7) is 0. The van der Waals surface area contributed by atoms with Gasteiger partial charge in [0.2, 0.25) is 0 Å². The fourth-order valence-corrected chi connectivity index (χ4v) is 9.91. The molecular formula is C62H43N3. The van der Waals surface area contributed by atoms with Gasteiger partial charge in [0.25, 0.3) is 0 Å². The van der Waals surface area contributed by atoms with Crippen LogP contribution in [0.25, 0.3) is 71.3 Å². The molecule has 12 aromatic rings. The molecule has 0 fully saturated rings. The molecule has 1 aromatic heterocycles. The summed E-state index contributed by atoms with van der Waals surface area (Å²) in [4.78, 5) is 4.70. The van der Waals surface area contributed by atoms with Gasteiger partial charge >= 0.3 is 0 Å². The van der Waals surface area contributed by atoms with Crippen LogP contribution in [0.1, 0.15) is 0 Å². The van der Waals surface area contributed by atoms with Crippen molar-refractivity contribution >= 4 is 77.5 Å². The molecule has 0 amide bonds. The van der Waals surface area contributed by atoms with Crippen molar-refractivity contribution in [2.45, 2.75) is 0 Å². The van der Waals surface area contributed by atoms with Crippen LogP contribution in [0.3, 0.4) is 0 Å². The van der Waals surface area contributed by atoms with E-state index in [-0.39, 0.29) is 0 Å². The maximum Gasteiger partial charge on any atom is 0.0542 e. The first-order valence-electron chi connectivity index (χ1n) is 22.3. The van der Waals surface area contributed by atoms with E-state index in [4.69, 9.17) is 0 Å². The number of rotatable bonds is 9. The first-order valence-corrected chi connectivity index (χ1v) is 22.3. The Hall–Kier alpha value is -8.66. The number of aromatic nitrogens is 1. The van der Waals surface area contributed by atoms with E-state index in [0.29, 0.717) is 0 Å². The molecule has 1 heterocycles. The molecule has 0 N–H and O–H groups in total. The van der Waals surface area contributed by atoms with Gasteiger partial charge < -0.3 is 14.4 Å². The van der Waals surface area contributed by atoms with Crippen molar-refractivity contribution in [3.05, 3.63) is 261 Å². The Morgan fingerprint density at radius 1 is 0.231 bits per heavy atom. The van der Waals surface area contributed by atoms with Crippen LogP contribution in [0.2, 0.25) is 0 Å². The second kappa shape index (κ2) is 16.2. The summed E-state index contributed by atoms with van der Waals surface area (Å²) in [6, 6.07) is 94.3. The number of para-hydroxylation sites is 4. The van der Waals surface area contributed by atoms with E-state index >= 15 is 0 Å². The van der Waals surface area contributed by atoms with Gasteiger partial charge in [-0.15, -0.1) is 0 Å². The van der Waals surface area contributed by atoms with Crippen LogP contribution in [0.5, 0.6) is 0 Å². The first-order chi connectivity index (χ1) is 32.3. The largest absolute Gasteiger partial charge is 0.310 e. The maximum atomic E-state index is 2.45. The minimum Gasteiger partial charge on any atom is -0.310 e. The van der Waals surface area contributed by atoms with Crippen LogP contribution < -0.4 is 9.80 Å². The molecule has 0 aliphatic carbocycles. The summed E-state index contributed by atoms with van der Waals surface area (Å²) >= 11 is 0. The second-order valence-electron chi connectivity index (χ2n) is 16.5. The lowest BCUT2D eigenvalue weighted by molar-refractivity contribution is 1.18. The minimum atomic E-state index is 1.09. The van der Waals surface area contributed by atoms with Crippen molar-refractivity contribution in [2.75, 3.05) is 9.80 Å². The molecule has 0 bridgehead atoms. The first kappa shape index (κ1) is 38.0. The van der Waals surface area contributed by atoms with Gasteiger partial charge in [-0.3, -0.25) is 0 Å². The normalized spacial score (nSPS) is 11.4. The third-order valence-electron chi connectivity index (χ3n) is 12.7. The average molecular weight is 830 g/mol. The molecule has 0 unspecified atom stereocenters. The van der Waals surface area contributed by atoms with E-state index in [2.05, 4.69) is 275 Å². The predicted molar refractivity (Wildman–Crippen MR) is 276 cm³/mol. The number of hydrogen-bond acceptors (Lipinski definition) is 2. The molecule has 12 rings (SSSR count). The standard InChI is InChI=1S/C62H43N3/c1-6-21-44(22-7-1)61-53-33-16-18-35-55(53)62(56-36-19-17-34-54(56)61)45-23-20-32-50(41-45)65-59-39-37-51(63(46-24-8-2-9-25-46)47-26-10-3-11-27-47)42-57(59)58-43-52(38-40-60(58)65)64(48-28-12-4-13-29-48)49-30-14-5-15-31-49/h1-43H. The molecule has 65 heavy (non-hydrogen) atoms. The van der Waals surface area contributed by atoms with Gasteiger partial charge in [-0.05, 0) is 141 Å². The molecule has 0 saturated carbocycles. The van der Waals surface area contributed by atoms with Crippen LogP contribution >= 0.6 is 0 Å². The summed E-state index contributed by atoms with van der Waals surface area (Å²) in [5.74, 6) is 0. The number of benzene rings is 11. The van der Waals surface area contributed by atoms with Crippen molar-refractivity contribution in [1.82, 2.24) is 4.57 Å². The van der Waals surface area contributed by atoms with Crippen LogP contribution in [0.4, 0.5) is 34.1 Å². The zero-order chi connectivity index (χ0) is 43.1. The topological polar surface area (TPSA) is 11.4 Å². The molecular weight excluding hydrogens is 787 g/mol. The summed E-state index contributed by atoms with van der Waals surface area (Å²) in [6.07, 6.45) is 0. The molecule has 3 nitrogen and oxygen atoms in total. The third kappa shape index (κ3) is 6.70. The number of fused-ring (bicyclic) bond motifs is 5. The summed E-state index contributed by atoms with van der Waals surface area (Å²) in [5, 5.41) is 7.32. The molecule has 11 aromatic carbocycles. The van der Waals surface area contributed by atoms with Gasteiger partial charge in [0.15, 0.2) is 0 Å². The van der Waals surface area contributed by atoms with E-state index < -0.39 is 0 Å². The van der Waals surface area contributed by atoms with Crippen molar-refractivity contribution < 1.29 is 0 Å². The monoisotopic (exact) mass is 829 g/mol. The van der Waals surface area contributed by atoms with Crippen molar-refractivity contribution in [1.29, 1.82) is 0 Å². The lowest BCUT2D eigenvalue weighted by Gasteiger charge is -2.26. The molecule has 0 spiro atoms. The Morgan fingerprint density at radius 3 is 0.969 bits per heavy atom. The molecule has 0 atom stereocenters. The molecule has 3 heteroatoms. The van der Waals surface area contributed by atoms with Gasteiger partial charge in [0.1, 0.15) is 0 Å². The number of hydrogen-bond donors (Lipinski definition) is 0. The summed E-state index contributed by atoms with van der Waals surface area (Å²) in [7, 11) is 0. The van der Waals surface area contributed by atoms with E-state index in [1.165, 1.54) is 54.6 Å². The highest BCUT2D eigenvalue weighted by molar-refractivity contribution is 6.21. The van der Waals surface area contributed by atoms with Crippen LogP contribution in [-0.2, 0) is 0 Å². The van der Waals surface area contributed by atoms with E-state index in [9.17, 15) is 0 Å². The number of anilines is 6. The zero-order valence-electron chi connectivity index (χ0n) is 35.7. The highest BCUT2D eigenvalue weighted by Crippen LogP contribution is 2.46. The van der Waals surface area contributed by atoms with Gasteiger partial charge in [0.05, 0.1) is 11.0 Å². The summed E-state index contributed by atoms with van der Waals surface area (Å²) in [5.41, 5.74) is 14.9. The maximum absolute atomic E-state index is 2.45. The van der Waals surface area contributed by atoms with Crippen LogP contribution in [-0.4, -0.2) is 4.57 Å². The SMILES string of the molecule is c1ccc(-c2c3ccccc3c(-c3cccc(-n4c5ccc(N(c6ccccc6)c6ccccc6)cc5c5cc(N(c6ccccc6)c6ccccc6)ccc54)c3)c3ccccc23)cc1. The summed E-state index contributed by atoms with van der Waals surface area (Å²) < 4.78 is 2.45. The predicted octanol–water partition coefficient (Wildman–Crippen LogP) is 17.4. The fraction of sp³-hybridized carbons (Fsp3) is 0. The average Bonchev–Trinajstić information content (AvgIpc) is 3.70. The van der Waals surface area contributed by atoms with Crippen LogP contribution in [0.15, 0.2) is 261 Å². The molecule has 306 valence electrons. The zero-order valence-corrected chi connectivity index (χ0v) is 35.7. The second-order valence-corrected chi connectivity index (χ2v) is 16.5. The van der Waals surface area contributed by atoms with Gasteiger partial charge in [-0.1, -0.05) is 164 Å². The quantitative estimate of drug-likeness (QED) is 0.134. The van der Waals surface area contributed by atoms with E-state index in [1.807, 2.05) is 0 Å². The van der Waals surface area contributed by atoms with Crippen molar-refractivity contribution in [3.8, 4) is 27.9 Å². The molecule has 0 aliphatic rings. The van der Waals surface area contributed by atoms with Gasteiger partial charge in [-0.25, -0.2) is 0 Å². The lowest BCUT2D eigenvalue weighted by atomic mass is 9.86. The Kier molecular flexibility index (Phi) is 9.50. The molecule has 0 saturated heterocycles. The molecule has 0 radical (unpaired) electrons. The Bertz CT molecular complexity index is 3360. The van der Waals surface area contributed by atoms with Gasteiger partial charge in [0, 0.05) is 50.6 Å². The molecule has 0 aliphatic heterocycles. The smallest absolute Gasteiger partial charge is 0.0542 e. The Labute approximate surface area is 378 Å². The highest BCUT2D eigenvalue weighted by Gasteiger charge is 2.22. The lowest BCUT2D eigenvalue weighted by Crippen LogP contribution is -2.09. The van der Waals surface area contributed by atoms with Gasteiger partial charge in [-0.2, -0.15) is 0 Å². The van der Waals surface area contributed by atoms with Crippen molar-refractivity contribution in [3.63, 3.8) is 0 Å². The Morgan fingerprint density at radius 2 is 0.569 bits per heavy atom. The van der Waals surface area contributed by atoms with E-state index in [1.54, 1.807) is 0 Å². The minimum absolute atomic E-state index is 1.09. The highest BCUT2D eigenvalue weighted by atomic mass is 15.1. The third-order valence-corrected chi connectivity index (χ3v) is 12.7. The van der Waals surface area contributed by atoms with E-state index in [0.717, 1.165) is 50.8 Å². The Balaban J connectivity index is 1.11. The fourth-order valence-electron chi connectivity index (χ4n) is 9.91. The number of nitrogens with zero attached hydrogens (tertiary/aromatic N) is 3. The van der Waals surface area contributed by atoms with Crippen molar-refractivity contribution in [2.24, 2.45) is 0 Å².